The fourth-order valence-corrected chi connectivity index (χ4v) is 3.94. The minimum Gasteiger partial charge on any atom is -0.258 e. The van der Waals surface area contributed by atoms with Crippen LogP contribution in [0.3, 0.4) is 0 Å². The van der Waals surface area contributed by atoms with Crippen LogP contribution in [0.2, 0.25) is 0 Å². The topological polar surface area (TPSA) is 12.9 Å². The second-order valence-electron chi connectivity index (χ2n) is 6.44. The molecule has 0 aliphatic heterocycles. The van der Waals surface area contributed by atoms with Gasteiger partial charge in [-0.1, -0.05) is 26.8 Å². The van der Waals surface area contributed by atoms with Gasteiger partial charge < -0.3 is 0 Å². The van der Waals surface area contributed by atoms with E-state index in [2.05, 4.69) is 39.8 Å². The number of hydrogen-bond donors (Lipinski definition) is 0. The highest BCUT2D eigenvalue weighted by Gasteiger charge is 2.55. The molecule has 3 rings (SSSR count). The van der Waals surface area contributed by atoms with Crippen LogP contribution in [0.5, 0.6) is 0 Å². The summed E-state index contributed by atoms with van der Waals surface area (Å²) in [5.41, 5.74) is 4.87. The Hall–Kier alpha value is -0.850. The van der Waals surface area contributed by atoms with Gasteiger partial charge in [0.2, 0.25) is 0 Å². The number of fused-ring (bicyclic) bond motifs is 4. The summed E-state index contributed by atoms with van der Waals surface area (Å²) in [5.74, 6) is 0.833. The number of pyridine rings is 1. The molecule has 0 radical (unpaired) electrons. The van der Waals surface area contributed by atoms with Crippen molar-refractivity contribution in [2.24, 2.45) is 11.3 Å². The van der Waals surface area contributed by atoms with Crippen LogP contribution in [0.4, 0.5) is 0 Å². The maximum Gasteiger partial charge on any atom is 0.0447 e. The summed E-state index contributed by atoms with van der Waals surface area (Å²) in [6.45, 7) is 9.45. The van der Waals surface area contributed by atoms with E-state index in [-0.39, 0.29) is 0 Å². The Morgan fingerprint density at radius 2 is 2.00 bits per heavy atom. The van der Waals surface area contributed by atoms with E-state index in [9.17, 15) is 0 Å². The smallest absolute Gasteiger partial charge is 0.0447 e. The van der Waals surface area contributed by atoms with Crippen LogP contribution < -0.4 is 0 Å². The maximum absolute atomic E-state index is 4.77. The number of rotatable bonds is 0. The molecule has 16 heavy (non-hydrogen) atoms. The van der Waals surface area contributed by atoms with Gasteiger partial charge in [-0.25, -0.2) is 0 Å². The molecule has 1 heterocycles. The van der Waals surface area contributed by atoms with E-state index in [4.69, 9.17) is 4.98 Å². The molecule has 2 aliphatic carbocycles. The zero-order chi connectivity index (χ0) is 11.6. The summed E-state index contributed by atoms with van der Waals surface area (Å²) in [6, 6.07) is 4.51. The van der Waals surface area contributed by atoms with E-state index < -0.39 is 0 Å². The lowest BCUT2D eigenvalue weighted by molar-refractivity contribution is 0.140. The molecule has 0 amide bonds. The quantitative estimate of drug-likeness (QED) is 0.644. The summed E-state index contributed by atoms with van der Waals surface area (Å²) >= 11 is 0. The van der Waals surface area contributed by atoms with Crippen molar-refractivity contribution in [2.45, 2.75) is 52.4 Å². The fourth-order valence-electron chi connectivity index (χ4n) is 3.94. The Balaban J connectivity index is 2.23. The monoisotopic (exact) mass is 215 g/mol. The van der Waals surface area contributed by atoms with Crippen LogP contribution >= 0.6 is 0 Å². The molecule has 1 aromatic rings. The van der Waals surface area contributed by atoms with Crippen LogP contribution in [-0.4, -0.2) is 4.98 Å². The highest BCUT2D eigenvalue weighted by atomic mass is 14.8. The maximum atomic E-state index is 4.77. The number of aryl methyl sites for hydroxylation is 1. The minimum absolute atomic E-state index is 0.353. The fraction of sp³-hybridized carbons (Fsp3) is 0.667. The Kier molecular flexibility index (Phi) is 1.86. The van der Waals surface area contributed by atoms with E-state index in [0.717, 1.165) is 5.92 Å². The van der Waals surface area contributed by atoms with Crippen LogP contribution in [0, 0.1) is 18.3 Å². The Bertz CT molecular complexity index is 447. The summed E-state index contributed by atoms with van der Waals surface area (Å²) in [7, 11) is 0. The second-order valence-corrected chi connectivity index (χ2v) is 6.44. The van der Waals surface area contributed by atoms with Crippen LogP contribution in [0.15, 0.2) is 12.1 Å². The molecule has 1 heteroatoms. The molecule has 1 aromatic heterocycles. The van der Waals surface area contributed by atoms with Crippen molar-refractivity contribution in [2.75, 3.05) is 0 Å². The summed E-state index contributed by atoms with van der Waals surface area (Å²) in [5, 5.41) is 0. The molecule has 2 atom stereocenters. The lowest BCUT2D eigenvalue weighted by atomic mass is 9.58. The van der Waals surface area contributed by atoms with Crippen LogP contribution in [-0.2, 0) is 11.8 Å². The Labute approximate surface area is 98.3 Å². The highest BCUT2D eigenvalue weighted by molar-refractivity contribution is 5.38. The Morgan fingerprint density at radius 3 is 2.75 bits per heavy atom. The largest absolute Gasteiger partial charge is 0.258 e. The average molecular weight is 215 g/mol. The molecule has 1 fully saturated rings. The molecule has 86 valence electrons. The lowest BCUT2D eigenvalue weighted by Crippen LogP contribution is -2.43. The van der Waals surface area contributed by atoms with Gasteiger partial charge in [0.05, 0.1) is 0 Å². The Morgan fingerprint density at radius 1 is 1.25 bits per heavy atom. The first-order chi connectivity index (χ1) is 7.45. The minimum atomic E-state index is 0.353. The third-order valence-electron chi connectivity index (χ3n) is 5.58. The van der Waals surface area contributed by atoms with E-state index in [0.29, 0.717) is 10.8 Å². The molecule has 2 aliphatic rings. The second kappa shape index (κ2) is 2.88. The predicted octanol–water partition coefficient (Wildman–Crippen LogP) is 3.64. The van der Waals surface area contributed by atoms with E-state index >= 15 is 0 Å². The van der Waals surface area contributed by atoms with Crippen molar-refractivity contribution in [1.29, 1.82) is 0 Å². The molecular formula is C15H21N. The summed E-state index contributed by atoms with van der Waals surface area (Å²) in [6.07, 6.45) is 3.90. The summed E-state index contributed by atoms with van der Waals surface area (Å²) in [4.78, 5) is 4.77. The van der Waals surface area contributed by atoms with Crippen molar-refractivity contribution < 1.29 is 0 Å². The zero-order valence-electron chi connectivity index (χ0n) is 10.8. The normalized spacial score (nSPS) is 34.9. The van der Waals surface area contributed by atoms with Crippen molar-refractivity contribution in [3.63, 3.8) is 0 Å². The van der Waals surface area contributed by atoms with E-state index in [1.165, 1.54) is 36.2 Å². The van der Waals surface area contributed by atoms with Crippen LogP contribution in [0.25, 0.3) is 0 Å². The molecule has 0 spiro atoms. The van der Waals surface area contributed by atoms with Gasteiger partial charge in [0.25, 0.3) is 0 Å². The highest BCUT2D eigenvalue weighted by Crippen LogP contribution is 2.61. The number of nitrogens with zero attached hydrogens (tertiary/aromatic N) is 1. The molecule has 0 unspecified atom stereocenters. The van der Waals surface area contributed by atoms with Crippen molar-refractivity contribution >= 4 is 0 Å². The van der Waals surface area contributed by atoms with Gasteiger partial charge in [-0.2, -0.15) is 0 Å². The van der Waals surface area contributed by atoms with Gasteiger partial charge in [-0.05, 0) is 54.6 Å². The molecule has 2 bridgehead atoms. The van der Waals surface area contributed by atoms with Crippen molar-refractivity contribution in [1.82, 2.24) is 4.98 Å². The molecular weight excluding hydrogens is 194 g/mol. The van der Waals surface area contributed by atoms with Gasteiger partial charge >= 0.3 is 0 Å². The van der Waals surface area contributed by atoms with Crippen molar-refractivity contribution in [3.8, 4) is 0 Å². The van der Waals surface area contributed by atoms with Crippen LogP contribution in [0.1, 0.15) is 50.6 Å². The molecule has 1 nitrogen and oxygen atoms in total. The molecule has 0 saturated heterocycles. The molecule has 0 N–H and O–H groups in total. The first-order valence-electron chi connectivity index (χ1n) is 6.42. The third kappa shape index (κ3) is 1.04. The van der Waals surface area contributed by atoms with E-state index in [1.54, 1.807) is 0 Å². The zero-order valence-corrected chi connectivity index (χ0v) is 10.8. The van der Waals surface area contributed by atoms with Gasteiger partial charge in [0.15, 0.2) is 0 Å². The van der Waals surface area contributed by atoms with E-state index in [1.807, 2.05) is 0 Å². The first-order valence-corrected chi connectivity index (χ1v) is 6.42. The van der Waals surface area contributed by atoms with Crippen molar-refractivity contribution in [3.05, 3.63) is 29.1 Å². The standard InChI is InChI=1S/C15H21N/c1-10-5-6-12-13(16-10)9-11-7-8-15(12,4)14(11,2)3/h5-6,11H,7-9H2,1-4H3/t11-,15-/m1/s1. The predicted molar refractivity (Wildman–Crippen MR) is 66.5 cm³/mol. The van der Waals surface area contributed by atoms with Gasteiger partial charge in [-0.15, -0.1) is 0 Å². The molecule has 1 saturated carbocycles. The third-order valence-corrected chi connectivity index (χ3v) is 5.58. The molecule has 0 aromatic carbocycles. The lowest BCUT2D eigenvalue weighted by Gasteiger charge is -2.46. The number of hydrogen-bond acceptors (Lipinski definition) is 1. The van der Waals surface area contributed by atoms with Gasteiger partial charge in [0, 0.05) is 11.4 Å². The van der Waals surface area contributed by atoms with Gasteiger partial charge in [0.1, 0.15) is 0 Å². The SMILES string of the molecule is Cc1ccc2c(n1)C[C@H]1CC[C@@]2(C)C1(C)C. The first kappa shape index (κ1) is 10.3. The number of aromatic nitrogens is 1. The summed E-state index contributed by atoms with van der Waals surface area (Å²) < 4.78 is 0. The van der Waals surface area contributed by atoms with Gasteiger partial charge in [-0.3, -0.25) is 4.98 Å². The average Bonchev–Trinajstić information content (AvgIpc) is 2.37.